The molecule has 0 unspecified atom stereocenters. The predicted octanol–water partition coefficient (Wildman–Crippen LogP) is -1.42. The lowest BCUT2D eigenvalue weighted by molar-refractivity contribution is -0.142. The molecule has 1 N–H and O–H groups in total. The van der Waals surface area contributed by atoms with Crippen molar-refractivity contribution < 1.29 is 28.7 Å². The van der Waals surface area contributed by atoms with Crippen LogP contribution < -0.4 is 5.32 Å². The summed E-state index contributed by atoms with van der Waals surface area (Å²) in [7, 11) is 2.75. The van der Waals surface area contributed by atoms with Gasteiger partial charge >= 0.3 is 12.0 Å². The number of carbonyl (C=O) groups excluding carboxylic acids is 4. The fraction of sp³-hybridized carbons (Fsp3) is 0.667. The zero-order chi connectivity index (χ0) is 15.8. The highest BCUT2D eigenvalue weighted by Gasteiger charge is 2.31. The van der Waals surface area contributed by atoms with Crippen molar-refractivity contribution in [2.24, 2.45) is 0 Å². The van der Waals surface area contributed by atoms with Gasteiger partial charge in [-0.25, -0.2) is 4.79 Å². The van der Waals surface area contributed by atoms with Crippen LogP contribution in [0.5, 0.6) is 0 Å². The van der Waals surface area contributed by atoms with Gasteiger partial charge in [0.1, 0.15) is 6.54 Å². The normalized spacial score (nSPS) is 14.1. The summed E-state index contributed by atoms with van der Waals surface area (Å²) in [5, 5.41) is 2.33. The molecule has 9 nitrogen and oxygen atoms in total. The number of nitrogens with zero attached hydrogens (tertiary/aromatic N) is 2. The Bertz CT molecular complexity index is 409. The summed E-state index contributed by atoms with van der Waals surface area (Å²) in [6.45, 7) is 0.226. The molecule has 0 bridgehead atoms. The first-order valence-corrected chi connectivity index (χ1v) is 6.41. The summed E-state index contributed by atoms with van der Waals surface area (Å²) in [5.74, 6) is -1.32. The first kappa shape index (κ1) is 16.9. The maximum absolute atomic E-state index is 12.1. The van der Waals surface area contributed by atoms with E-state index in [4.69, 9.17) is 4.74 Å². The van der Waals surface area contributed by atoms with Crippen LogP contribution in [-0.4, -0.2) is 80.6 Å². The van der Waals surface area contributed by atoms with Crippen LogP contribution in [0.25, 0.3) is 0 Å². The zero-order valence-corrected chi connectivity index (χ0v) is 12.1. The molecule has 0 saturated carbocycles. The molecule has 0 radical (unpaired) electrons. The molecule has 1 aliphatic heterocycles. The largest absolute Gasteiger partial charge is 0.469 e. The van der Waals surface area contributed by atoms with Gasteiger partial charge in [-0.2, -0.15) is 0 Å². The molecule has 4 amide bonds. The SMILES string of the molecule is COCCN(CCC(=O)OC)C(=O)CN1C(=O)CNC1=O. The van der Waals surface area contributed by atoms with Crippen LogP contribution in [0.15, 0.2) is 0 Å². The van der Waals surface area contributed by atoms with Gasteiger partial charge in [-0.15, -0.1) is 0 Å². The van der Waals surface area contributed by atoms with Gasteiger partial charge in [-0.05, 0) is 0 Å². The molecule has 0 aromatic carbocycles. The molecular formula is C12H19N3O6. The van der Waals surface area contributed by atoms with E-state index in [1.54, 1.807) is 0 Å². The van der Waals surface area contributed by atoms with Gasteiger partial charge in [0.05, 0.1) is 26.7 Å². The number of ether oxygens (including phenoxy) is 2. The summed E-state index contributed by atoms with van der Waals surface area (Å²) >= 11 is 0. The Morgan fingerprint density at radius 2 is 2.00 bits per heavy atom. The monoisotopic (exact) mass is 301 g/mol. The first-order valence-electron chi connectivity index (χ1n) is 6.41. The second kappa shape index (κ2) is 8.20. The van der Waals surface area contributed by atoms with Crippen LogP contribution in [0.2, 0.25) is 0 Å². The van der Waals surface area contributed by atoms with E-state index in [1.807, 2.05) is 0 Å². The van der Waals surface area contributed by atoms with E-state index in [0.29, 0.717) is 0 Å². The Labute approximate surface area is 122 Å². The number of urea groups is 1. The average molecular weight is 301 g/mol. The van der Waals surface area contributed by atoms with Crippen molar-refractivity contribution in [3.05, 3.63) is 0 Å². The summed E-state index contributed by atoms with van der Waals surface area (Å²) < 4.78 is 9.41. The third-order valence-electron chi connectivity index (χ3n) is 2.96. The summed E-state index contributed by atoms with van der Waals surface area (Å²) in [5.41, 5.74) is 0. The first-order chi connectivity index (χ1) is 9.99. The zero-order valence-electron chi connectivity index (χ0n) is 12.1. The number of methoxy groups -OCH3 is 2. The highest BCUT2D eigenvalue weighted by molar-refractivity contribution is 6.04. The fourth-order valence-electron chi connectivity index (χ4n) is 1.74. The molecule has 0 aliphatic carbocycles. The van der Waals surface area contributed by atoms with Crippen LogP contribution in [0, 0.1) is 0 Å². The number of hydrogen-bond donors (Lipinski definition) is 1. The van der Waals surface area contributed by atoms with E-state index in [1.165, 1.54) is 19.1 Å². The Morgan fingerprint density at radius 1 is 1.29 bits per heavy atom. The van der Waals surface area contributed by atoms with Gasteiger partial charge in [0.2, 0.25) is 5.91 Å². The minimum atomic E-state index is -0.590. The summed E-state index contributed by atoms with van der Waals surface area (Å²) in [6, 6.07) is -0.590. The number of hydrogen-bond acceptors (Lipinski definition) is 6. The summed E-state index contributed by atoms with van der Waals surface area (Å²) in [4.78, 5) is 48.3. The lowest BCUT2D eigenvalue weighted by Gasteiger charge is -2.23. The molecule has 9 heteroatoms. The molecule has 1 heterocycles. The molecule has 1 fully saturated rings. The van der Waals surface area contributed by atoms with Gasteiger partial charge in [0, 0.05) is 20.2 Å². The van der Waals surface area contributed by atoms with Gasteiger partial charge in [-0.1, -0.05) is 0 Å². The number of amides is 4. The molecule has 0 aromatic heterocycles. The highest BCUT2D eigenvalue weighted by Crippen LogP contribution is 2.02. The second-order valence-corrected chi connectivity index (χ2v) is 4.34. The molecule has 1 saturated heterocycles. The predicted molar refractivity (Wildman–Crippen MR) is 70.2 cm³/mol. The Kier molecular flexibility index (Phi) is 6.60. The molecule has 0 spiro atoms. The molecule has 0 atom stereocenters. The Hall–Kier alpha value is -2.16. The van der Waals surface area contributed by atoms with Gasteiger partial charge in [-0.3, -0.25) is 19.3 Å². The van der Waals surface area contributed by atoms with Gasteiger partial charge < -0.3 is 19.7 Å². The van der Waals surface area contributed by atoms with E-state index in [0.717, 1.165) is 4.90 Å². The van der Waals surface area contributed by atoms with Gasteiger partial charge in [0.15, 0.2) is 0 Å². The quantitative estimate of drug-likeness (QED) is 0.435. The molecule has 118 valence electrons. The maximum atomic E-state index is 12.1. The van der Waals surface area contributed by atoms with Crippen molar-refractivity contribution in [2.45, 2.75) is 6.42 Å². The van der Waals surface area contributed by atoms with Crippen LogP contribution in [0.4, 0.5) is 4.79 Å². The number of esters is 1. The molecule has 1 aliphatic rings. The lowest BCUT2D eigenvalue weighted by Crippen LogP contribution is -2.44. The van der Waals surface area contributed by atoms with E-state index in [2.05, 4.69) is 10.1 Å². The smallest absolute Gasteiger partial charge is 0.325 e. The minimum Gasteiger partial charge on any atom is -0.469 e. The number of imide groups is 1. The third kappa shape index (κ3) is 5.03. The van der Waals surface area contributed by atoms with E-state index in [9.17, 15) is 19.2 Å². The van der Waals surface area contributed by atoms with E-state index >= 15 is 0 Å². The Balaban J connectivity index is 2.59. The molecule has 21 heavy (non-hydrogen) atoms. The highest BCUT2D eigenvalue weighted by atomic mass is 16.5. The molecule has 0 aromatic rings. The third-order valence-corrected chi connectivity index (χ3v) is 2.96. The Morgan fingerprint density at radius 3 is 2.52 bits per heavy atom. The standard InChI is InChI=1S/C12H19N3O6/c1-20-6-5-14(4-3-11(18)21-2)10(17)8-15-9(16)7-13-12(15)19/h3-8H2,1-2H3,(H,13,19). The van der Waals surface area contributed by atoms with Crippen molar-refractivity contribution in [2.75, 3.05) is 47.0 Å². The van der Waals surface area contributed by atoms with Crippen LogP contribution >= 0.6 is 0 Å². The number of nitrogens with one attached hydrogen (secondary N) is 1. The van der Waals surface area contributed by atoms with Crippen molar-refractivity contribution in [1.82, 2.24) is 15.1 Å². The number of carbonyl (C=O) groups is 4. The van der Waals surface area contributed by atoms with Gasteiger partial charge in [0.25, 0.3) is 5.91 Å². The van der Waals surface area contributed by atoms with E-state index in [-0.39, 0.29) is 39.2 Å². The maximum Gasteiger partial charge on any atom is 0.325 e. The fourth-order valence-corrected chi connectivity index (χ4v) is 1.74. The second-order valence-electron chi connectivity index (χ2n) is 4.34. The van der Waals surface area contributed by atoms with Crippen LogP contribution in [-0.2, 0) is 23.9 Å². The molecular weight excluding hydrogens is 282 g/mol. The van der Waals surface area contributed by atoms with Crippen molar-refractivity contribution in [3.8, 4) is 0 Å². The topological polar surface area (TPSA) is 105 Å². The molecule has 1 rings (SSSR count). The van der Waals surface area contributed by atoms with Crippen molar-refractivity contribution in [1.29, 1.82) is 0 Å². The van der Waals surface area contributed by atoms with Crippen LogP contribution in [0.1, 0.15) is 6.42 Å². The van der Waals surface area contributed by atoms with Crippen LogP contribution in [0.3, 0.4) is 0 Å². The minimum absolute atomic E-state index is 0.0338. The average Bonchev–Trinajstić information content (AvgIpc) is 2.78. The van der Waals surface area contributed by atoms with Crippen molar-refractivity contribution >= 4 is 23.8 Å². The summed E-state index contributed by atoms with van der Waals surface area (Å²) in [6.07, 6.45) is 0.0338. The number of rotatable bonds is 8. The lowest BCUT2D eigenvalue weighted by atomic mass is 10.3. The van der Waals surface area contributed by atoms with Crippen molar-refractivity contribution in [3.63, 3.8) is 0 Å². The van der Waals surface area contributed by atoms with E-state index < -0.39 is 23.8 Å².